The van der Waals surface area contributed by atoms with E-state index in [0.717, 1.165) is 45.2 Å². The smallest absolute Gasteiger partial charge is 0.237 e. The van der Waals surface area contributed by atoms with Gasteiger partial charge in [-0.15, -0.1) is 0 Å². The molecule has 118 valence electrons. The Morgan fingerprint density at radius 3 is 2.67 bits per heavy atom. The fourth-order valence-electron chi connectivity index (χ4n) is 3.63. The summed E-state index contributed by atoms with van der Waals surface area (Å²) in [6.45, 7) is 4.29. The number of likely N-dealkylation sites (N-methyl/N-ethyl adjacent to an activating group) is 1. The third-order valence-electron chi connectivity index (χ3n) is 5.32. The van der Waals surface area contributed by atoms with E-state index in [9.17, 15) is 10.1 Å². The van der Waals surface area contributed by atoms with Crippen LogP contribution in [0.5, 0.6) is 0 Å². The number of likely N-dealkylation sites (tertiary alicyclic amines) is 1. The van der Waals surface area contributed by atoms with Crippen molar-refractivity contribution in [2.45, 2.75) is 57.0 Å². The average Bonchev–Trinajstić information content (AvgIpc) is 2.96. The molecule has 0 spiro atoms. The van der Waals surface area contributed by atoms with E-state index in [0.29, 0.717) is 12.5 Å². The van der Waals surface area contributed by atoms with Crippen molar-refractivity contribution in [3.8, 4) is 6.07 Å². The summed E-state index contributed by atoms with van der Waals surface area (Å²) in [7, 11) is 1.80. The second kappa shape index (κ2) is 6.76. The molecule has 0 aromatic carbocycles. The minimum absolute atomic E-state index is 0.0729. The molecule has 5 nitrogen and oxygen atoms in total. The number of rotatable bonds is 4. The van der Waals surface area contributed by atoms with Gasteiger partial charge in [-0.1, -0.05) is 19.3 Å². The van der Waals surface area contributed by atoms with Crippen LogP contribution in [0.1, 0.15) is 45.4 Å². The van der Waals surface area contributed by atoms with Crippen molar-refractivity contribution < 1.29 is 4.79 Å². The zero-order valence-electron chi connectivity index (χ0n) is 13.3. The molecule has 0 aromatic rings. The van der Waals surface area contributed by atoms with E-state index in [2.05, 4.69) is 11.0 Å². The first-order valence-corrected chi connectivity index (χ1v) is 8.14. The Morgan fingerprint density at radius 1 is 1.48 bits per heavy atom. The van der Waals surface area contributed by atoms with Crippen molar-refractivity contribution in [1.29, 1.82) is 5.26 Å². The van der Waals surface area contributed by atoms with Crippen molar-refractivity contribution in [3.05, 3.63) is 0 Å². The summed E-state index contributed by atoms with van der Waals surface area (Å²) < 4.78 is 0. The first kappa shape index (κ1) is 16.3. The fraction of sp³-hybridized carbons (Fsp3) is 0.875. The molecule has 0 radical (unpaired) electrons. The molecular weight excluding hydrogens is 264 g/mol. The molecule has 2 fully saturated rings. The van der Waals surface area contributed by atoms with Gasteiger partial charge in [0.15, 0.2) is 0 Å². The number of carbonyl (C=O) groups excluding carboxylic acids is 1. The van der Waals surface area contributed by atoms with E-state index in [1.807, 2.05) is 6.92 Å². The largest absolute Gasteiger partial charge is 0.328 e. The van der Waals surface area contributed by atoms with Gasteiger partial charge >= 0.3 is 0 Å². The van der Waals surface area contributed by atoms with Gasteiger partial charge in [-0.25, -0.2) is 0 Å². The topological polar surface area (TPSA) is 73.4 Å². The molecule has 5 heteroatoms. The van der Waals surface area contributed by atoms with Crippen LogP contribution in [0.15, 0.2) is 0 Å². The summed E-state index contributed by atoms with van der Waals surface area (Å²) in [6, 6.07) is 2.60. The van der Waals surface area contributed by atoms with Crippen molar-refractivity contribution in [2.75, 3.05) is 26.7 Å². The number of nitrogens with zero attached hydrogens (tertiary/aromatic N) is 3. The van der Waals surface area contributed by atoms with E-state index < -0.39 is 5.54 Å². The lowest BCUT2D eigenvalue weighted by atomic mass is 9.81. The molecule has 2 atom stereocenters. The van der Waals surface area contributed by atoms with Gasteiger partial charge in [0, 0.05) is 19.6 Å². The summed E-state index contributed by atoms with van der Waals surface area (Å²) in [5.41, 5.74) is 5.37. The molecular formula is C16H28N4O. The van der Waals surface area contributed by atoms with Gasteiger partial charge in [-0.05, 0) is 38.6 Å². The average molecular weight is 292 g/mol. The highest BCUT2D eigenvalue weighted by Gasteiger charge is 2.39. The first-order chi connectivity index (χ1) is 9.98. The van der Waals surface area contributed by atoms with Gasteiger partial charge in [0.25, 0.3) is 0 Å². The van der Waals surface area contributed by atoms with Crippen LogP contribution < -0.4 is 5.73 Å². The Morgan fingerprint density at radius 2 is 2.14 bits per heavy atom. The Kier molecular flexibility index (Phi) is 5.23. The van der Waals surface area contributed by atoms with Crippen molar-refractivity contribution in [1.82, 2.24) is 9.80 Å². The molecule has 1 saturated heterocycles. The maximum Gasteiger partial charge on any atom is 0.237 e. The van der Waals surface area contributed by atoms with Crippen LogP contribution in [0, 0.1) is 17.2 Å². The lowest BCUT2D eigenvalue weighted by molar-refractivity contribution is -0.135. The highest BCUT2D eigenvalue weighted by molar-refractivity contribution is 5.79. The Labute approximate surface area is 128 Å². The van der Waals surface area contributed by atoms with Crippen LogP contribution in [0.2, 0.25) is 0 Å². The van der Waals surface area contributed by atoms with Gasteiger partial charge in [-0.3, -0.25) is 9.69 Å². The van der Waals surface area contributed by atoms with Crippen LogP contribution >= 0.6 is 0 Å². The molecule has 1 heterocycles. The maximum atomic E-state index is 12.5. The number of hydrogen-bond acceptors (Lipinski definition) is 4. The lowest BCUT2D eigenvalue weighted by Gasteiger charge is -2.39. The molecule has 1 amide bonds. The molecule has 2 rings (SSSR count). The van der Waals surface area contributed by atoms with E-state index in [-0.39, 0.29) is 11.9 Å². The van der Waals surface area contributed by atoms with E-state index in [4.69, 9.17) is 5.73 Å². The third-order valence-corrected chi connectivity index (χ3v) is 5.32. The summed E-state index contributed by atoms with van der Waals surface area (Å²) >= 11 is 0. The van der Waals surface area contributed by atoms with E-state index in [1.54, 1.807) is 11.9 Å². The first-order valence-electron chi connectivity index (χ1n) is 8.14. The maximum absolute atomic E-state index is 12.5. The third kappa shape index (κ3) is 3.56. The predicted molar refractivity (Wildman–Crippen MR) is 82.4 cm³/mol. The molecule has 0 bridgehead atoms. The fourth-order valence-corrected chi connectivity index (χ4v) is 3.63. The summed E-state index contributed by atoms with van der Waals surface area (Å²) in [5, 5.41) is 9.56. The van der Waals surface area contributed by atoms with Gasteiger partial charge in [0.05, 0.1) is 12.6 Å². The van der Waals surface area contributed by atoms with Crippen LogP contribution in [0.25, 0.3) is 0 Å². The van der Waals surface area contributed by atoms with Crippen molar-refractivity contribution >= 4 is 5.91 Å². The van der Waals surface area contributed by atoms with E-state index in [1.165, 1.54) is 6.42 Å². The van der Waals surface area contributed by atoms with Gasteiger partial charge in [0.2, 0.25) is 5.91 Å². The lowest BCUT2D eigenvalue weighted by Crippen LogP contribution is -2.52. The molecule has 1 saturated carbocycles. The summed E-state index contributed by atoms with van der Waals surface area (Å²) in [5.74, 6) is 0.562. The Bertz CT molecular complexity index is 409. The van der Waals surface area contributed by atoms with Gasteiger partial charge in [0.1, 0.15) is 5.54 Å². The SMILES string of the molecule is CC(N)C1CCN(CC(=O)N(C)C2(C#N)CCCCC2)C1. The monoisotopic (exact) mass is 292 g/mol. The predicted octanol–water partition coefficient (Wildman–Crippen LogP) is 1.34. The molecule has 21 heavy (non-hydrogen) atoms. The number of hydrogen-bond donors (Lipinski definition) is 1. The second-order valence-electron chi connectivity index (χ2n) is 6.80. The van der Waals surface area contributed by atoms with Gasteiger partial charge in [-0.2, -0.15) is 5.26 Å². The van der Waals surface area contributed by atoms with Crippen LogP contribution in [-0.4, -0.2) is 54.0 Å². The zero-order valence-corrected chi connectivity index (χ0v) is 13.3. The minimum Gasteiger partial charge on any atom is -0.328 e. The van der Waals surface area contributed by atoms with Crippen LogP contribution in [0.4, 0.5) is 0 Å². The van der Waals surface area contributed by atoms with Gasteiger partial charge < -0.3 is 10.6 Å². The molecule has 2 N–H and O–H groups in total. The Balaban J connectivity index is 1.92. The quantitative estimate of drug-likeness (QED) is 0.848. The molecule has 1 aliphatic heterocycles. The summed E-state index contributed by atoms with van der Waals surface area (Å²) in [6.07, 6.45) is 5.96. The number of nitrogens with two attached hydrogens (primary N) is 1. The second-order valence-corrected chi connectivity index (χ2v) is 6.80. The highest BCUT2D eigenvalue weighted by atomic mass is 16.2. The number of nitriles is 1. The van der Waals surface area contributed by atoms with Crippen LogP contribution in [-0.2, 0) is 4.79 Å². The zero-order chi connectivity index (χ0) is 15.5. The molecule has 0 aromatic heterocycles. The van der Waals surface area contributed by atoms with Crippen molar-refractivity contribution in [2.24, 2.45) is 11.7 Å². The van der Waals surface area contributed by atoms with E-state index >= 15 is 0 Å². The Hall–Kier alpha value is -1.12. The van der Waals surface area contributed by atoms with Crippen LogP contribution in [0.3, 0.4) is 0 Å². The molecule has 2 unspecified atom stereocenters. The number of carbonyl (C=O) groups is 1. The van der Waals surface area contributed by atoms with Crippen molar-refractivity contribution in [3.63, 3.8) is 0 Å². The molecule has 2 aliphatic rings. The highest BCUT2D eigenvalue weighted by Crippen LogP contribution is 2.32. The normalized spacial score (nSPS) is 27.0. The molecule has 1 aliphatic carbocycles. The summed E-state index contributed by atoms with van der Waals surface area (Å²) in [4.78, 5) is 16.4. The minimum atomic E-state index is -0.574. The number of amides is 1. The standard InChI is InChI=1S/C16H28N4O/c1-13(18)14-6-9-20(10-14)11-15(21)19(2)16(12-17)7-4-3-5-8-16/h13-14H,3-11,18H2,1-2H3.